The molecule has 1 atom stereocenters. The zero-order valence-corrected chi connectivity index (χ0v) is 23.3. The summed E-state index contributed by atoms with van der Waals surface area (Å²) in [5, 5.41) is 5.23. The van der Waals surface area contributed by atoms with E-state index in [-0.39, 0.29) is 10.8 Å². The van der Waals surface area contributed by atoms with Crippen LogP contribution in [0.5, 0.6) is 0 Å². The van der Waals surface area contributed by atoms with Gasteiger partial charge < -0.3 is 10.2 Å². The van der Waals surface area contributed by atoms with Crippen molar-refractivity contribution in [1.29, 1.82) is 0 Å². The number of fused-ring (bicyclic) bond motifs is 2. The molecule has 1 fully saturated rings. The molecular formula is C26H25ClN4O3S3. The predicted octanol–water partition coefficient (Wildman–Crippen LogP) is 5.46. The van der Waals surface area contributed by atoms with Crippen molar-refractivity contribution >= 4 is 65.4 Å². The van der Waals surface area contributed by atoms with Crippen LogP contribution in [0.3, 0.4) is 0 Å². The largest absolute Gasteiger partial charge is 0.316 e. The average Bonchev–Trinajstić information content (AvgIpc) is 3.60. The highest BCUT2D eigenvalue weighted by atomic mass is 35.5. The zero-order chi connectivity index (χ0) is 25.7. The van der Waals surface area contributed by atoms with E-state index in [2.05, 4.69) is 23.3 Å². The minimum absolute atomic E-state index is 0.140. The van der Waals surface area contributed by atoms with E-state index in [1.165, 1.54) is 26.9 Å². The van der Waals surface area contributed by atoms with Gasteiger partial charge in [-0.1, -0.05) is 23.7 Å². The van der Waals surface area contributed by atoms with E-state index in [0.717, 1.165) is 45.3 Å². The number of thiazole rings is 1. The predicted molar refractivity (Wildman–Crippen MR) is 150 cm³/mol. The van der Waals surface area contributed by atoms with Gasteiger partial charge in [-0.3, -0.25) is 4.79 Å². The number of para-hydroxylation sites is 1. The molecule has 1 saturated heterocycles. The van der Waals surface area contributed by atoms with E-state index in [1.807, 2.05) is 18.2 Å². The van der Waals surface area contributed by atoms with Gasteiger partial charge in [0.05, 0.1) is 15.1 Å². The molecule has 0 radical (unpaired) electrons. The van der Waals surface area contributed by atoms with Gasteiger partial charge in [-0.25, -0.2) is 13.4 Å². The molecule has 2 aliphatic heterocycles. The lowest BCUT2D eigenvalue weighted by atomic mass is 10.0. The van der Waals surface area contributed by atoms with Crippen molar-refractivity contribution in [2.24, 2.45) is 0 Å². The maximum atomic E-state index is 13.6. The Balaban J connectivity index is 1.34. The van der Waals surface area contributed by atoms with Crippen LogP contribution in [0.15, 0.2) is 53.4 Å². The monoisotopic (exact) mass is 572 g/mol. The number of sulfonamides is 1. The van der Waals surface area contributed by atoms with E-state index in [9.17, 15) is 13.2 Å². The SMILES string of the molecule is CN1CCc2c(sc(NC(=O)C3CCCN3S(=O)(=O)c3ccc(Cl)cc3)c2-c2nc3ccccc3s2)C1. The van der Waals surface area contributed by atoms with Crippen molar-refractivity contribution < 1.29 is 13.2 Å². The number of likely N-dealkylation sites (N-methyl/N-ethyl adjacent to an activating group) is 1. The van der Waals surface area contributed by atoms with Crippen LogP contribution in [0.2, 0.25) is 5.02 Å². The summed E-state index contributed by atoms with van der Waals surface area (Å²) < 4.78 is 29.2. The highest BCUT2D eigenvalue weighted by Crippen LogP contribution is 2.45. The number of anilines is 1. The van der Waals surface area contributed by atoms with Gasteiger partial charge in [0.25, 0.3) is 0 Å². The molecule has 0 spiro atoms. The molecule has 0 bridgehead atoms. The Morgan fingerprint density at radius 1 is 1.11 bits per heavy atom. The van der Waals surface area contributed by atoms with Crippen LogP contribution in [0.25, 0.3) is 20.8 Å². The number of amides is 1. The molecule has 37 heavy (non-hydrogen) atoms. The van der Waals surface area contributed by atoms with Crippen LogP contribution in [-0.4, -0.2) is 54.7 Å². The molecule has 4 heterocycles. The second-order valence-corrected chi connectivity index (χ2v) is 13.9. The summed E-state index contributed by atoms with van der Waals surface area (Å²) in [5.74, 6) is -0.302. The van der Waals surface area contributed by atoms with E-state index >= 15 is 0 Å². The quantitative estimate of drug-likeness (QED) is 0.343. The Morgan fingerprint density at radius 3 is 2.68 bits per heavy atom. The second-order valence-electron chi connectivity index (χ2n) is 9.40. The highest BCUT2D eigenvalue weighted by Gasteiger charge is 2.40. The first-order valence-electron chi connectivity index (χ1n) is 12.1. The summed E-state index contributed by atoms with van der Waals surface area (Å²) in [6.07, 6.45) is 1.98. The molecule has 6 rings (SSSR count). The smallest absolute Gasteiger partial charge is 0.243 e. The first kappa shape index (κ1) is 25.0. The second kappa shape index (κ2) is 9.76. The zero-order valence-electron chi connectivity index (χ0n) is 20.1. The molecular weight excluding hydrogens is 548 g/mol. The summed E-state index contributed by atoms with van der Waals surface area (Å²) in [6.45, 7) is 2.05. The Kier molecular flexibility index (Phi) is 6.58. The molecule has 1 amide bonds. The first-order valence-corrected chi connectivity index (χ1v) is 15.5. The van der Waals surface area contributed by atoms with Crippen molar-refractivity contribution in [3.05, 3.63) is 64.0 Å². The van der Waals surface area contributed by atoms with Gasteiger partial charge in [-0.05, 0) is 68.3 Å². The van der Waals surface area contributed by atoms with Gasteiger partial charge in [-0.15, -0.1) is 22.7 Å². The van der Waals surface area contributed by atoms with Gasteiger partial charge in [0.15, 0.2) is 0 Å². The number of carbonyl (C=O) groups is 1. The lowest BCUT2D eigenvalue weighted by Gasteiger charge is -2.23. The molecule has 2 aliphatic rings. The molecule has 192 valence electrons. The topological polar surface area (TPSA) is 82.6 Å². The van der Waals surface area contributed by atoms with E-state index in [0.29, 0.717) is 24.4 Å². The third-order valence-electron chi connectivity index (χ3n) is 6.92. The number of nitrogens with zero attached hydrogens (tertiary/aromatic N) is 3. The van der Waals surface area contributed by atoms with E-state index < -0.39 is 16.1 Å². The van der Waals surface area contributed by atoms with Crippen LogP contribution in [0.1, 0.15) is 23.3 Å². The van der Waals surface area contributed by atoms with Crippen LogP contribution < -0.4 is 5.32 Å². The van der Waals surface area contributed by atoms with Crippen LogP contribution >= 0.6 is 34.3 Å². The molecule has 0 aliphatic carbocycles. The average molecular weight is 573 g/mol. The van der Waals surface area contributed by atoms with Gasteiger partial charge in [-0.2, -0.15) is 4.31 Å². The molecule has 7 nitrogen and oxygen atoms in total. The number of hydrogen-bond donors (Lipinski definition) is 1. The van der Waals surface area contributed by atoms with Gasteiger partial charge in [0.1, 0.15) is 16.1 Å². The number of thiophene rings is 1. The standard InChI is InChI=1S/C26H25ClN4O3S3/c1-30-14-12-18-22(15-30)36-26(23(18)25-28-19-5-2-3-7-21(19)35-25)29-24(32)20-6-4-13-31(20)37(33,34)17-10-8-16(27)9-11-17/h2-3,5,7-11,20H,4,6,12-15H2,1H3,(H,29,32). The third kappa shape index (κ3) is 4.60. The fourth-order valence-electron chi connectivity index (χ4n) is 5.05. The first-order chi connectivity index (χ1) is 17.8. The molecule has 4 aromatic rings. The van der Waals surface area contributed by atoms with Crippen molar-refractivity contribution in [1.82, 2.24) is 14.2 Å². The Labute approximate surface area is 228 Å². The summed E-state index contributed by atoms with van der Waals surface area (Å²) >= 11 is 9.15. The number of carbonyl (C=O) groups excluding carboxylic acids is 1. The minimum atomic E-state index is -3.83. The fourth-order valence-corrected chi connectivity index (χ4v) is 9.28. The van der Waals surface area contributed by atoms with Crippen LogP contribution in [-0.2, 0) is 27.8 Å². The van der Waals surface area contributed by atoms with E-state index in [4.69, 9.17) is 16.6 Å². The number of benzene rings is 2. The summed E-state index contributed by atoms with van der Waals surface area (Å²) in [6, 6.07) is 13.3. The summed E-state index contributed by atoms with van der Waals surface area (Å²) in [5.41, 5.74) is 3.14. The van der Waals surface area contributed by atoms with Gasteiger partial charge in [0.2, 0.25) is 15.9 Å². The molecule has 1 unspecified atom stereocenters. The third-order valence-corrected chi connectivity index (χ3v) is 11.3. The molecule has 0 saturated carbocycles. The normalized spacial score (nSPS) is 18.8. The van der Waals surface area contributed by atoms with Gasteiger partial charge in [0, 0.05) is 35.1 Å². The number of aromatic nitrogens is 1. The maximum Gasteiger partial charge on any atom is 0.243 e. The number of hydrogen-bond acceptors (Lipinski definition) is 7. The Bertz CT molecular complexity index is 1560. The molecule has 1 N–H and O–H groups in total. The van der Waals surface area contributed by atoms with Crippen LogP contribution in [0.4, 0.5) is 5.00 Å². The van der Waals surface area contributed by atoms with E-state index in [1.54, 1.807) is 34.8 Å². The molecule has 11 heteroatoms. The van der Waals surface area contributed by atoms with Crippen molar-refractivity contribution in [3.8, 4) is 10.6 Å². The number of rotatable bonds is 5. The highest BCUT2D eigenvalue weighted by molar-refractivity contribution is 7.89. The molecule has 2 aromatic heterocycles. The van der Waals surface area contributed by atoms with Gasteiger partial charge >= 0.3 is 0 Å². The Hall–Kier alpha value is -2.34. The lowest BCUT2D eigenvalue weighted by molar-refractivity contribution is -0.119. The minimum Gasteiger partial charge on any atom is -0.316 e. The molecule has 2 aromatic carbocycles. The Morgan fingerprint density at radius 2 is 1.89 bits per heavy atom. The van der Waals surface area contributed by atoms with Crippen molar-refractivity contribution in [3.63, 3.8) is 0 Å². The summed E-state index contributed by atoms with van der Waals surface area (Å²) in [7, 11) is -1.74. The van der Waals surface area contributed by atoms with Crippen LogP contribution in [0, 0.1) is 0 Å². The maximum absolute atomic E-state index is 13.6. The number of nitrogens with one attached hydrogen (secondary N) is 1. The summed E-state index contributed by atoms with van der Waals surface area (Å²) in [4.78, 5) is 22.1. The fraction of sp³-hybridized carbons (Fsp3) is 0.308. The number of halogens is 1. The van der Waals surface area contributed by atoms with Crippen molar-refractivity contribution in [2.75, 3.05) is 25.5 Å². The lowest BCUT2D eigenvalue weighted by Crippen LogP contribution is -2.43. The van der Waals surface area contributed by atoms with Crippen molar-refractivity contribution in [2.45, 2.75) is 36.7 Å².